The van der Waals surface area contributed by atoms with Crippen LogP contribution in [-0.4, -0.2) is 23.6 Å². The Hall–Kier alpha value is -0.680. The Morgan fingerprint density at radius 1 is 1.21 bits per heavy atom. The molecule has 4 heteroatoms. The minimum atomic E-state index is -0.445. The molecule has 1 heterocycles. The van der Waals surface area contributed by atoms with Gasteiger partial charge in [0, 0.05) is 27.3 Å². The standard InChI is InChI=1S/C15H18BrNOS/c1-11-3-8-14(19-11)9-17(2)10-15(18)12-4-6-13(16)7-5-12/h3-8,15,18H,9-10H2,1-2H3/t15-/m0/s1. The van der Waals surface area contributed by atoms with E-state index in [1.807, 2.05) is 42.6 Å². The molecule has 2 aromatic rings. The van der Waals surface area contributed by atoms with Gasteiger partial charge in [0.1, 0.15) is 0 Å². The Bertz CT molecular complexity index is 523. The van der Waals surface area contributed by atoms with Gasteiger partial charge in [-0.2, -0.15) is 0 Å². The summed E-state index contributed by atoms with van der Waals surface area (Å²) in [7, 11) is 2.04. The van der Waals surface area contributed by atoms with Gasteiger partial charge in [0.15, 0.2) is 0 Å². The zero-order valence-electron chi connectivity index (χ0n) is 11.1. The van der Waals surface area contributed by atoms with Crippen LogP contribution < -0.4 is 0 Å². The normalized spacial score (nSPS) is 12.9. The number of thiophene rings is 1. The highest BCUT2D eigenvalue weighted by molar-refractivity contribution is 9.10. The number of likely N-dealkylation sites (N-methyl/N-ethyl adjacent to an activating group) is 1. The lowest BCUT2D eigenvalue weighted by molar-refractivity contribution is 0.124. The van der Waals surface area contributed by atoms with E-state index in [0.717, 1.165) is 16.6 Å². The average molecular weight is 340 g/mol. The van der Waals surface area contributed by atoms with E-state index >= 15 is 0 Å². The first-order valence-corrected chi connectivity index (χ1v) is 7.83. The van der Waals surface area contributed by atoms with Crippen molar-refractivity contribution in [2.75, 3.05) is 13.6 Å². The molecule has 2 rings (SSSR count). The highest BCUT2D eigenvalue weighted by atomic mass is 79.9. The number of hydrogen-bond donors (Lipinski definition) is 1. The maximum Gasteiger partial charge on any atom is 0.0916 e. The molecule has 0 spiro atoms. The van der Waals surface area contributed by atoms with Crippen molar-refractivity contribution < 1.29 is 5.11 Å². The van der Waals surface area contributed by atoms with E-state index in [0.29, 0.717) is 6.54 Å². The first-order chi connectivity index (χ1) is 9.04. The van der Waals surface area contributed by atoms with Gasteiger partial charge in [0.05, 0.1) is 6.10 Å². The molecule has 0 radical (unpaired) electrons. The molecule has 0 unspecified atom stereocenters. The Labute approximate surface area is 126 Å². The summed E-state index contributed by atoms with van der Waals surface area (Å²) in [6, 6.07) is 12.1. The van der Waals surface area contributed by atoms with Gasteiger partial charge in [-0.05, 0) is 43.8 Å². The molecule has 19 heavy (non-hydrogen) atoms. The highest BCUT2D eigenvalue weighted by Gasteiger charge is 2.11. The van der Waals surface area contributed by atoms with Gasteiger partial charge in [-0.15, -0.1) is 11.3 Å². The van der Waals surface area contributed by atoms with Crippen LogP contribution in [-0.2, 0) is 6.54 Å². The maximum atomic E-state index is 10.2. The van der Waals surface area contributed by atoms with Gasteiger partial charge < -0.3 is 5.11 Å². The molecule has 0 saturated carbocycles. The molecule has 1 aromatic heterocycles. The fraction of sp³-hybridized carbons (Fsp3) is 0.333. The molecule has 0 amide bonds. The van der Waals surface area contributed by atoms with Crippen LogP contribution in [0.2, 0.25) is 0 Å². The van der Waals surface area contributed by atoms with Crippen LogP contribution in [0, 0.1) is 6.92 Å². The van der Waals surface area contributed by atoms with Gasteiger partial charge in [-0.25, -0.2) is 0 Å². The first-order valence-electron chi connectivity index (χ1n) is 6.22. The van der Waals surface area contributed by atoms with Crippen LogP contribution in [0.5, 0.6) is 0 Å². The molecule has 1 N–H and O–H groups in total. The number of benzene rings is 1. The third-order valence-corrected chi connectivity index (χ3v) is 4.48. The second kappa shape index (κ2) is 6.66. The number of hydrogen-bond acceptors (Lipinski definition) is 3. The van der Waals surface area contributed by atoms with E-state index in [-0.39, 0.29) is 0 Å². The predicted octanol–water partition coefficient (Wildman–Crippen LogP) is 3.98. The van der Waals surface area contributed by atoms with E-state index in [9.17, 15) is 5.11 Å². The molecule has 1 atom stereocenters. The fourth-order valence-corrected chi connectivity index (χ4v) is 3.22. The molecule has 0 bridgehead atoms. The minimum absolute atomic E-state index is 0.445. The van der Waals surface area contributed by atoms with Gasteiger partial charge in [0.25, 0.3) is 0 Å². The summed E-state index contributed by atoms with van der Waals surface area (Å²) in [6.07, 6.45) is -0.445. The van der Waals surface area contributed by atoms with E-state index in [1.165, 1.54) is 9.75 Å². The quantitative estimate of drug-likeness (QED) is 0.890. The van der Waals surface area contributed by atoms with Crippen molar-refractivity contribution in [2.24, 2.45) is 0 Å². The Balaban J connectivity index is 1.91. The van der Waals surface area contributed by atoms with Crippen molar-refractivity contribution >= 4 is 27.3 Å². The SMILES string of the molecule is Cc1ccc(CN(C)C[C@H](O)c2ccc(Br)cc2)s1. The summed E-state index contributed by atoms with van der Waals surface area (Å²) in [5, 5.41) is 10.2. The lowest BCUT2D eigenvalue weighted by Crippen LogP contribution is -2.23. The van der Waals surface area contributed by atoms with Gasteiger partial charge >= 0.3 is 0 Å². The zero-order chi connectivity index (χ0) is 13.8. The summed E-state index contributed by atoms with van der Waals surface area (Å²) in [5.41, 5.74) is 0.956. The van der Waals surface area contributed by atoms with Gasteiger partial charge in [-0.3, -0.25) is 4.90 Å². The third kappa shape index (κ3) is 4.42. The molecular weight excluding hydrogens is 322 g/mol. The van der Waals surface area contributed by atoms with E-state index < -0.39 is 6.10 Å². The average Bonchev–Trinajstić information content (AvgIpc) is 2.75. The molecule has 0 fully saturated rings. The first kappa shape index (κ1) is 14.7. The van der Waals surface area contributed by atoms with Crippen LogP contribution in [0.4, 0.5) is 0 Å². The minimum Gasteiger partial charge on any atom is -0.387 e. The predicted molar refractivity (Wildman–Crippen MR) is 84.5 cm³/mol. The third-order valence-electron chi connectivity index (χ3n) is 2.96. The van der Waals surface area contributed by atoms with Gasteiger partial charge in [0.2, 0.25) is 0 Å². The largest absolute Gasteiger partial charge is 0.387 e. The topological polar surface area (TPSA) is 23.5 Å². The van der Waals surface area contributed by atoms with Crippen LogP contribution in [0.15, 0.2) is 40.9 Å². The number of aryl methyl sites for hydroxylation is 1. The fourth-order valence-electron chi connectivity index (χ4n) is 1.99. The smallest absolute Gasteiger partial charge is 0.0916 e. The van der Waals surface area contributed by atoms with Crippen molar-refractivity contribution in [1.82, 2.24) is 4.90 Å². The van der Waals surface area contributed by atoms with Crippen molar-refractivity contribution in [3.8, 4) is 0 Å². The molecule has 0 saturated heterocycles. The number of halogens is 1. The van der Waals surface area contributed by atoms with Crippen LogP contribution in [0.3, 0.4) is 0 Å². The van der Waals surface area contributed by atoms with Crippen LogP contribution in [0.25, 0.3) is 0 Å². The Morgan fingerprint density at radius 3 is 2.47 bits per heavy atom. The molecule has 1 aromatic carbocycles. The number of aliphatic hydroxyl groups is 1. The zero-order valence-corrected chi connectivity index (χ0v) is 13.5. The van der Waals surface area contributed by atoms with Crippen LogP contribution in [0.1, 0.15) is 21.4 Å². The number of nitrogens with zero attached hydrogens (tertiary/aromatic N) is 1. The number of aliphatic hydroxyl groups excluding tert-OH is 1. The van der Waals surface area contributed by atoms with Crippen LogP contribution >= 0.6 is 27.3 Å². The molecule has 0 aliphatic heterocycles. The van der Waals surface area contributed by atoms with Crippen molar-refractivity contribution in [3.63, 3.8) is 0 Å². The lowest BCUT2D eigenvalue weighted by atomic mass is 10.1. The monoisotopic (exact) mass is 339 g/mol. The van der Waals surface area contributed by atoms with Gasteiger partial charge in [-0.1, -0.05) is 28.1 Å². The second-order valence-corrected chi connectivity index (χ2v) is 7.06. The number of rotatable bonds is 5. The lowest BCUT2D eigenvalue weighted by Gasteiger charge is -2.20. The van der Waals surface area contributed by atoms with E-state index in [1.54, 1.807) is 0 Å². The molecule has 0 aliphatic rings. The second-order valence-electron chi connectivity index (χ2n) is 4.78. The summed E-state index contributed by atoms with van der Waals surface area (Å²) >= 11 is 5.21. The molecule has 0 aliphatic carbocycles. The van der Waals surface area contributed by atoms with E-state index in [2.05, 4.69) is 39.9 Å². The van der Waals surface area contributed by atoms with E-state index in [4.69, 9.17) is 0 Å². The van der Waals surface area contributed by atoms with Crippen molar-refractivity contribution in [2.45, 2.75) is 19.6 Å². The summed E-state index contributed by atoms with van der Waals surface area (Å²) in [4.78, 5) is 4.82. The summed E-state index contributed by atoms with van der Waals surface area (Å²) in [5.74, 6) is 0. The molecule has 102 valence electrons. The summed E-state index contributed by atoms with van der Waals surface area (Å²) in [6.45, 7) is 3.63. The van der Waals surface area contributed by atoms with Crippen molar-refractivity contribution in [1.29, 1.82) is 0 Å². The highest BCUT2D eigenvalue weighted by Crippen LogP contribution is 2.20. The summed E-state index contributed by atoms with van der Waals surface area (Å²) < 4.78 is 1.03. The maximum absolute atomic E-state index is 10.2. The van der Waals surface area contributed by atoms with Crippen molar-refractivity contribution in [3.05, 3.63) is 56.2 Å². The molecule has 2 nitrogen and oxygen atoms in total. The molecular formula is C15H18BrNOS. The Morgan fingerprint density at radius 2 is 1.89 bits per heavy atom. The Kier molecular flexibility index (Phi) is 5.16.